The first-order valence-corrected chi connectivity index (χ1v) is 12.9. The van der Waals surface area contributed by atoms with Gasteiger partial charge in [0.15, 0.2) is 0 Å². The van der Waals surface area contributed by atoms with Gasteiger partial charge in [-0.15, -0.1) is 0 Å². The van der Waals surface area contributed by atoms with Gasteiger partial charge >= 0.3 is 0 Å². The Morgan fingerprint density at radius 2 is 1.71 bits per heavy atom. The third kappa shape index (κ3) is 5.82. The van der Waals surface area contributed by atoms with Gasteiger partial charge in [-0.1, -0.05) is 42.5 Å². The first-order chi connectivity index (χ1) is 16.9. The van der Waals surface area contributed by atoms with E-state index in [9.17, 15) is 13.2 Å². The summed E-state index contributed by atoms with van der Waals surface area (Å²) in [5.74, 6) is 0.348. The number of nitrogens with one attached hydrogen (secondary N) is 1. The Morgan fingerprint density at radius 3 is 2.40 bits per heavy atom. The molecule has 0 unspecified atom stereocenters. The van der Waals surface area contributed by atoms with E-state index < -0.39 is 10.0 Å². The van der Waals surface area contributed by atoms with Crippen LogP contribution in [0.15, 0.2) is 77.7 Å². The lowest BCUT2D eigenvalue weighted by Crippen LogP contribution is -2.50. The number of ether oxygens (including phenoxy) is 1. The molecule has 3 aromatic carbocycles. The molecule has 1 heterocycles. The summed E-state index contributed by atoms with van der Waals surface area (Å²) in [5.41, 5.74) is 8.95. The van der Waals surface area contributed by atoms with Crippen LogP contribution in [0.25, 0.3) is 11.1 Å². The van der Waals surface area contributed by atoms with Gasteiger partial charge in [0.05, 0.1) is 18.6 Å². The minimum Gasteiger partial charge on any atom is -0.496 e. The van der Waals surface area contributed by atoms with Gasteiger partial charge in [0.1, 0.15) is 5.75 Å². The van der Waals surface area contributed by atoms with Crippen LogP contribution in [0, 0.1) is 0 Å². The molecule has 1 amide bonds. The van der Waals surface area contributed by atoms with Crippen LogP contribution in [-0.4, -0.2) is 63.4 Å². The van der Waals surface area contributed by atoms with Gasteiger partial charge in [-0.2, -0.15) is 4.31 Å². The average Bonchev–Trinajstić information content (AvgIpc) is 2.89. The van der Waals surface area contributed by atoms with Crippen molar-refractivity contribution in [2.24, 2.45) is 0 Å². The summed E-state index contributed by atoms with van der Waals surface area (Å²) >= 11 is 0. The number of sulfonamides is 1. The Balaban J connectivity index is 1.64. The maximum atomic E-state index is 13.7. The zero-order valence-corrected chi connectivity index (χ0v) is 20.5. The van der Waals surface area contributed by atoms with Crippen LogP contribution in [-0.2, 0) is 21.4 Å². The summed E-state index contributed by atoms with van der Waals surface area (Å²) < 4.78 is 34.1. The number of nitrogen functional groups attached to an aromatic ring is 1. The second-order valence-electron chi connectivity index (χ2n) is 8.37. The number of methoxy groups -OCH3 is 1. The highest BCUT2D eigenvalue weighted by Gasteiger charge is 2.30. The van der Waals surface area contributed by atoms with Crippen molar-refractivity contribution < 1.29 is 17.9 Å². The number of nitrogens with two attached hydrogens (primary N) is 1. The molecule has 0 spiro atoms. The Hall–Kier alpha value is -3.40. The molecule has 35 heavy (non-hydrogen) atoms. The number of para-hydroxylation sites is 1. The van der Waals surface area contributed by atoms with Crippen molar-refractivity contribution in [1.29, 1.82) is 0 Å². The average molecular weight is 495 g/mol. The molecular formula is C26H30N4O4S. The van der Waals surface area contributed by atoms with E-state index in [2.05, 4.69) is 5.32 Å². The lowest BCUT2D eigenvalue weighted by Gasteiger charge is -2.30. The fourth-order valence-electron chi connectivity index (χ4n) is 4.10. The fourth-order valence-corrected chi connectivity index (χ4v) is 5.47. The summed E-state index contributed by atoms with van der Waals surface area (Å²) in [7, 11) is -2.43. The van der Waals surface area contributed by atoms with Gasteiger partial charge in [0.25, 0.3) is 0 Å². The fraction of sp³-hybridized carbons (Fsp3) is 0.269. The molecule has 3 N–H and O–H groups in total. The third-order valence-electron chi connectivity index (χ3n) is 6.03. The number of rotatable bonds is 8. The Morgan fingerprint density at radius 1 is 1.00 bits per heavy atom. The van der Waals surface area contributed by atoms with Gasteiger partial charge in [0, 0.05) is 44.0 Å². The van der Waals surface area contributed by atoms with Crippen LogP contribution < -0.4 is 15.8 Å². The molecule has 1 aliphatic heterocycles. The van der Waals surface area contributed by atoms with E-state index in [0.29, 0.717) is 43.2 Å². The molecular weight excluding hydrogens is 464 g/mol. The Kier molecular flexibility index (Phi) is 7.70. The van der Waals surface area contributed by atoms with E-state index in [4.69, 9.17) is 10.5 Å². The predicted octanol–water partition coefficient (Wildman–Crippen LogP) is 2.57. The van der Waals surface area contributed by atoms with E-state index in [1.54, 1.807) is 54.5 Å². The smallest absolute Gasteiger partial charge is 0.243 e. The predicted molar refractivity (Wildman–Crippen MR) is 136 cm³/mol. The van der Waals surface area contributed by atoms with Crippen molar-refractivity contribution in [2.75, 3.05) is 45.6 Å². The number of hydrogen-bond donors (Lipinski definition) is 2. The van der Waals surface area contributed by atoms with E-state index in [0.717, 1.165) is 11.1 Å². The summed E-state index contributed by atoms with van der Waals surface area (Å²) in [6.45, 7) is 2.25. The zero-order valence-electron chi connectivity index (χ0n) is 19.7. The van der Waals surface area contributed by atoms with Gasteiger partial charge in [0.2, 0.25) is 15.9 Å². The number of carbonyl (C=O) groups is 1. The number of carbonyl (C=O) groups excluding carboxylic acids is 1. The van der Waals surface area contributed by atoms with Crippen LogP contribution in [0.3, 0.4) is 0 Å². The van der Waals surface area contributed by atoms with Crippen molar-refractivity contribution in [3.63, 3.8) is 0 Å². The highest BCUT2D eigenvalue weighted by atomic mass is 32.2. The molecule has 0 saturated carbocycles. The summed E-state index contributed by atoms with van der Waals surface area (Å²) in [6, 6.07) is 21.3. The third-order valence-corrected chi connectivity index (χ3v) is 7.84. The Bertz CT molecular complexity index is 1270. The minimum atomic E-state index is -3.98. The maximum Gasteiger partial charge on any atom is 0.243 e. The normalized spacial score (nSPS) is 14.2. The second-order valence-corrected chi connectivity index (χ2v) is 10.3. The molecule has 0 radical (unpaired) electrons. The van der Waals surface area contributed by atoms with Crippen molar-refractivity contribution >= 4 is 21.6 Å². The van der Waals surface area contributed by atoms with Gasteiger partial charge in [-0.25, -0.2) is 8.42 Å². The highest BCUT2D eigenvalue weighted by molar-refractivity contribution is 7.89. The molecule has 0 aliphatic carbocycles. The van der Waals surface area contributed by atoms with Gasteiger partial charge in [-0.05, 0) is 41.5 Å². The topological polar surface area (TPSA) is 105 Å². The quantitative estimate of drug-likeness (QED) is 0.467. The first kappa shape index (κ1) is 24.7. The summed E-state index contributed by atoms with van der Waals surface area (Å²) in [5, 5.41) is 3.21. The minimum absolute atomic E-state index is 0.0150. The molecule has 4 rings (SSSR count). The molecule has 1 aliphatic rings. The second kappa shape index (κ2) is 10.9. The van der Waals surface area contributed by atoms with E-state index in [1.165, 1.54) is 4.31 Å². The largest absolute Gasteiger partial charge is 0.496 e. The lowest BCUT2D eigenvalue weighted by molar-refractivity contribution is -0.132. The maximum absolute atomic E-state index is 13.7. The van der Waals surface area contributed by atoms with Gasteiger partial charge in [-0.3, -0.25) is 4.79 Å². The van der Waals surface area contributed by atoms with E-state index in [1.807, 2.05) is 30.3 Å². The SMILES string of the molecule is COc1ccccc1CN(CC(=O)N1CCNCC1)S(=O)(=O)c1ccc(-c2cccc(N)c2)cc1. The molecule has 0 atom stereocenters. The van der Waals surface area contributed by atoms with Crippen LogP contribution in [0.4, 0.5) is 5.69 Å². The number of nitrogens with zero attached hydrogens (tertiary/aromatic N) is 2. The van der Waals surface area contributed by atoms with Crippen LogP contribution in [0.5, 0.6) is 5.75 Å². The number of amides is 1. The summed E-state index contributed by atoms with van der Waals surface area (Å²) in [6.07, 6.45) is 0. The number of anilines is 1. The molecule has 0 bridgehead atoms. The standard InChI is InChI=1S/C26H30N4O4S/c1-34-25-8-3-2-5-22(25)18-30(19-26(31)29-15-13-28-14-16-29)35(32,33)24-11-9-20(10-12-24)21-6-4-7-23(27)17-21/h2-12,17,28H,13-16,18-19,27H2,1H3. The van der Waals surface area contributed by atoms with E-state index in [-0.39, 0.29) is 23.9 Å². The van der Waals surface area contributed by atoms with Crippen molar-refractivity contribution in [3.8, 4) is 16.9 Å². The molecule has 1 fully saturated rings. The molecule has 8 nitrogen and oxygen atoms in total. The highest BCUT2D eigenvalue weighted by Crippen LogP contribution is 2.27. The number of benzene rings is 3. The van der Waals surface area contributed by atoms with Crippen LogP contribution in [0.2, 0.25) is 0 Å². The van der Waals surface area contributed by atoms with Crippen molar-refractivity contribution in [3.05, 3.63) is 78.4 Å². The van der Waals surface area contributed by atoms with Crippen molar-refractivity contribution in [2.45, 2.75) is 11.4 Å². The van der Waals surface area contributed by atoms with E-state index >= 15 is 0 Å². The molecule has 3 aromatic rings. The number of piperazine rings is 1. The molecule has 0 aromatic heterocycles. The molecule has 9 heteroatoms. The van der Waals surface area contributed by atoms with Gasteiger partial charge < -0.3 is 20.7 Å². The van der Waals surface area contributed by atoms with Crippen LogP contribution in [0.1, 0.15) is 5.56 Å². The number of hydrogen-bond acceptors (Lipinski definition) is 6. The summed E-state index contributed by atoms with van der Waals surface area (Å²) in [4.78, 5) is 14.9. The van der Waals surface area contributed by atoms with Crippen LogP contribution >= 0.6 is 0 Å². The zero-order chi connectivity index (χ0) is 24.8. The van der Waals surface area contributed by atoms with Crippen molar-refractivity contribution in [1.82, 2.24) is 14.5 Å². The monoisotopic (exact) mass is 494 g/mol. The Labute approximate surface area is 206 Å². The lowest BCUT2D eigenvalue weighted by atomic mass is 10.1. The molecule has 1 saturated heterocycles. The first-order valence-electron chi connectivity index (χ1n) is 11.4. The molecule has 184 valence electrons.